The van der Waals surface area contributed by atoms with Crippen LogP contribution in [0.5, 0.6) is 0 Å². The van der Waals surface area contributed by atoms with Crippen LogP contribution in [0.15, 0.2) is 12.1 Å². The summed E-state index contributed by atoms with van der Waals surface area (Å²) in [6.07, 6.45) is 0. The zero-order chi connectivity index (χ0) is 11.5. The monoisotopic (exact) mass is 241 g/mol. The Bertz CT molecular complexity index is 412. The summed E-state index contributed by atoms with van der Waals surface area (Å²) >= 11 is 0.932. The molecule has 86 valence electrons. The van der Waals surface area contributed by atoms with Gasteiger partial charge in [0.15, 0.2) is 0 Å². The van der Waals surface area contributed by atoms with E-state index in [9.17, 15) is 14.9 Å². The van der Waals surface area contributed by atoms with Crippen LogP contribution in [0, 0.1) is 10.1 Å². The summed E-state index contributed by atoms with van der Waals surface area (Å²) in [6, 6.07) is 2.90. The highest BCUT2D eigenvalue weighted by Gasteiger charge is 2.21. The molecule has 0 radical (unpaired) electrons. The molecule has 16 heavy (non-hydrogen) atoms. The van der Waals surface area contributed by atoms with Crippen LogP contribution in [-0.2, 0) is 0 Å². The first-order chi connectivity index (χ1) is 7.68. The maximum atomic E-state index is 11.9. The van der Waals surface area contributed by atoms with Crippen LogP contribution in [0.3, 0.4) is 0 Å². The molecular weight excluding hydrogens is 230 g/mol. The van der Waals surface area contributed by atoms with Gasteiger partial charge in [-0.2, -0.15) is 0 Å². The maximum absolute atomic E-state index is 11.9. The fourth-order valence-corrected chi connectivity index (χ4v) is 2.35. The van der Waals surface area contributed by atoms with E-state index in [-0.39, 0.29) is 10.9 Å². The zero-order valence-electron chi connectivity index (χ0n) is 8.51. The second-order valence-corrected chi connectivity index (χ2v) is 4.50. The van der Waals surface area contributed by atoms with E-state index in [1.165, 1.54) is 12.1 Å². The largest absolute Gasteiger partial charge is 0.335 e. The van der Waals surface area contributed by atoms with E-state index >= 15 is 0 Å². The number of nitro groups is 1. The number of thiophene rings is 1. The molecule has 0 saturated carbocycles. The summed E-state index contributed by atoms with van der Waals surface area (Å²) in [5, 5.41) is 13.7. The molecule has 1 fully saturated rings. The Kier molecular flexibility index (Phi) is 3.16. The van der Waals surface area contributed by atoms with Crippen molar-refractivity contribution in [1.29, 1.82) is 0 Å². The average Bonchev–Trinajstić information content (AvgIpc) is 2.78. The Morgan fingerprint density at radius 3 is 2.69 bits per heavy atom. The Balaban J connectivity index is 2.10. The fraction of sp³-hybridized carbons (Fsp3) is 0.444. The van der Waals surface area contributed by atoms with Crippen LogP contribution in [0.1, 0.15) is 9.67 Å². The lowest BCUT2D eigenvalue weighted by atomic mass is 10.3. The second kappa shape index (κ2) is 4.58. The van der Waals surface area contributed by atoms with E-state index in [1.807, 2.05) is 0 Å². The van der Waals surface area contributed by atoms with Crippen molar-refractivity contribution in [3.63, 3.8) is 0 Å². The molecule has 2 heterocycles. The smallest absolute Gasteiger partial charge is 0.324 e. The lowest BCUT2D eigenvalue weighted by Gasteiger charge is -2.26. The van der Waals surface area contributed by atoms with Crippen LogP contribution >= 0.6 is 11.3 Å². The molecule has 1 aliphatic rings. The van der Waals surface area contributed by atoms with Gasteiger partial charge in [0, 0.05) is 32.2 Å². The minimum atomic E-state index is -0.473. The first-order valence-electron chi connectivity index (χ1n) is 4.92. The van der Waals surface area contributed by atoms with Gasteiger partial charge in [-0.15, -0.1) is 0 Å². The number of hydrogen-bond acceptors (Lipinski definition) is 5. The third kappa shape index (κ3) is 2.20. The Labute approximate surface area is 96.0 Å². The summed E-state index contributed by atoms with van der Waals surface area (Å²) in [7, 11) is 0. The molecule has 1 aromatic heterocycles. The van der Waals surface area contributed by atoms with Crippen LogP contribution in [0.4, 0.5) is 5.00 Å². The maximum Gasteiger partial charge on any atom is 0.324 e. The molecule has 0 bridgehead atoms. The van der Waals surface area contributed by atoms with Gasteiger partial charge in [-0.3, -0.25) is 14.9 Å². The summed E-state index contributed by atoms with van der Waals surface area (Å²) in [6.45, 7) is 2.87. The highest BCUT2D eigenvalue weighted by Crippen LogP contribution is 2.25. The number of amides is 1. The minimum Gasteiger partial charge on any atom is -0.335 e. The highest BCUT2D eigenvalue weighted by molar-refractivity contribution is 7.17. The number of rotatable bonds is 2. The Morgan fingerprint density at radius 1 is 1.44 bits per heavy atom. The summed E-state index contributed by atoms with van der Waals surface area (Å²) in [5.74, 6) is -0.111. The molecular formula is C9H11N3O3S. The predicted molar refractivity (Wildman–Crippen MR) is 59.7 cm³/mol. The standard InChI is InChI=1S/C9H11N3O3S/c13-9(11-5-3-10-4-6-11)7-1-2-8(16-7)12(14)15/h1-2,10H,3-6H2. The van der Waals surface area contributed by atoms with Gasteiger partial charge < -0.3 is 10.2 Å². The predicted octanol–water partition coefficient (Wildman–Crippen LogP) is 0.702. The number of carbonyl (C=O) groups is 1. The zero-order valence-corrected chi connectivity index (χ0v) is 9.33. The molecule has 0 aliphatic carbocycles. The number of piperazine rings is 1. The second-order valence-electron chi connectivity index (χ2n) is 3.44. The SMILES string of the molecule is O=C(c1ccc([N+](=O)[O-])s1)N1CCNCC1. The van der Waals surface area contributed by atoms with Gasteiger partial charge in [0.25, 0.3) is 5.91 Å². The van der Waals surface area contributed by atoms with Gasteiger partial charge in [0.05, 0.1) is 9.80 Å². The van der Waals surface area contributed by atoms with E-state index in [0.29, 0.717) is 18.0 Å². The van der Waals surface area contributed by atoms with Crippen LogP contribution < -0.4 is 5.32 Å². The molecule has 1 N–H and O–H groups in total. The third-order valence-electron chi connectivity index (χ3n) is 2.39. The van der Waals surface area contributed by atoms with Crippen LogP contribution in [0.2, 0.25) is 0 Å². The van der Waals surface area contributed by atoms with Gasteiger partial charge in [0.1, 0.15) is 0 Å². The topological polar surface area (TPSA) is 75.5 Å². The summed E-state index contributed by atoms with van der Waals surface area (Å²) in [5.41, 5.74) is 0. The third-order valence-corrected chi connectivity index (χ3v) is 3.41. The van der Waals surface area contributed by atoms with Crippen molar-refractivity contribution in [1.82, 2.24) is 10.2 Å². The van der Waals surface area contributed by atoms with Crippen molar-refractivity contribution in [3.05, 3.63) is 27.1 Å². The number of nitrogens with zero attached hydrogens (tertiary/aromatic N) is 2. The Morgan fingerprint density at radius 2 is 2.12 bits per heavy atom. The molecule has 0 atom stereocenters. The quantitative estimate of drug-likeness (QED) is 0.611. The first kappa shape index (κ1) is 11.0. The molecule has 2 rings (SSSR count). The van der Waals surface area contributed by atoms with Gasteiger partial charge in [-0.25, -0.2) is 0 Å². The normalized spacial score (nSPS) is 16.1. The first-order valence-corrected chi connectivity index (χ1v) is 5.74. The fourth-order valence-electron chi connectivity index (χ4n) is 1.56. The Hall–Kier alpha value is -1.47. The van der Waals surface area contributed by atoms with Crippen molar-refractivity contribution in [3.8, 4) is 0 Å². The van der Waals surface area contributed by atoms with E-state index < -0.39 is 4.92 Å². The molecule has 7 heteroatoms. The van der Waals surface area contributed by atoms with Crippen molar-refractivity contribution in [2.45, 2.75) is 0 Å². The van der Waals surface area contributed by atoms with Crippen LogP contribution in [0.25, 0.3) is 0 Å². The number of nitrogens with one attached hydrogen (secondary N) is 1. The molecule has 1 aromatic rings. The molecule has 0 unspecified atom stereocenters. The van der Waals surface area contributed by atoms with E-state index in [1.54, 1.807) is 4.90 Å². The van der Waals surface area contributed by atoms with Crippen molar-refractivity contribution in [2.75, 3.05) is 26.2 Å². The molecule has 0 spiro atoms. The molecule has 1 amide bonds. The number of carbonyl (C=O) groups excluding carboxylic acids is 1. The number of hydrogen-bond donors (Lipinski definition) is 1. The molecule has 1 aliphatic heterocycles. The average molecular weight is 241 g/mol. The minimum absolute atomic E-state index is 0.0125. The van der Waals surface area contributed by atoms with Crippen LogP contribution in [-0.4, -0.2) is 41.9 Å². The summed E-state index contributed by atoms with van der Waals surface area (Å²) < 4.78 is 0. The van der Waals surface area contributed by atoms with E-state index in [2.05, 4.69) is 5.32 Å². The highest BCUT2D eigenvalue weighted by atomic mass is 32.1. The van der Waals surface area contributed by atoms with E-state index in [0.717, 1.165) is 24.4 Å². The van der Waals surface area contributed by atoms with Gasteiger partial charge >= 0.3 is 5.00 Å². The van der Waals surface area contributed by atoms with Crippen molar-refractivity contribution >= 4 is 22.2 Å². The molecule has 1 saturated heterocycles. The van der Waals surface area contributed by atoms with E-state index in [4.69, 9.17) is 0 Å². The summed E-state index contributed by atoms with van der Waals surface area (Å²) in [4.78, 5) is 24.1. The molecule has 6 nitrogen and oxygen atoms in total. The van der Waals surface area contributed by atoms with Gasteiger partial charge in [0.2, 0.25) is 0 Å². The lowest BCUT2D eigenvalue weighted by molar-refractivity contribution is -0.380. The van der Waals surface area contributed by atoms with Crippen molar-refractivity contribution < 1.29 is 9.72 Å². The molecule has 0 aromatic carbocycles. The van der Waals surface area contributed by atoms with Crippen molar-refractivity contribution in [2.24, 2.45) is 0 Å². The van der Waals surface area contributed by atoms with Gasteiger partial charge in [-0.1, -0.05) is 11.3 Å². The lowest BCUT2D eigenvalue weighted by Crippen LogP contribution is -2.46. The van der Waals surface area contributed by atoms with Gasteiger partial charge in [-0.05, 0) is 6.07 Å².